The largest absolute Gasteiger partial charge is 0.497 e. The molecule has 2 heterocycles. The van der Waals surface area contributed by atoms with Gasteiger partial charge in [0.1, 0.15) is 18.1 Å². The quantitative estimate of drug-likeness (QED) is 0.145. The number of benzene rings is 3. The first kappa shape index (κ1) is 37.7. The van der Waals surface area contributed by atoms with Gasteiger partial charge >= 0.3 is 0 Å². The van der Waals surface area contributed by atoms with Crippen LogP contribution in [0.15, 0.2) is 66.2 Å². The van der Waals surface area contributed by atoms with Crippen LogP contribution >= 0.6 is 0 Å². The predicted octanol–water partition coefficient (Wildman–Crippen LogP) is 5.18. The van der Waals surface area contributed by atoms with E-state index >= 15 is 0 Å². The van der Waals surface area contributed by atoms with Crippen molar-refractivity contribution >= 4 is 23.3 Å². The van der Waals surface area contributed by atoms with Gasteiger partial charge in [-0.05, 0) is 79.5 Å². The Morgan fingerprint density at radius 3 is 2.40 bits per heavy atom. The second kappa shape index (κ2) is 17.2. The van der Waals surface area contributed by atoms with Gasteiger partial charge in [0.2, 0.25) is 17.6 Å². The number of amides is 3. The highest BCUT2D eigenvalue weighted by Gasteiger charge is 2.43. The highest BCUT2D eigenvalue weighted by molar-refractivity contribution is 6.03. The van der Waals surface area contributed by atoms with Crippen LogP contribution in [0.25, 0.3) is 5.57 Å². The normalized spacial score (nSPS) is 18.1. The van der Waals surface area contributed by atoms with E-state index in [2.05, 4.69) is 5.32 Å². The molecule has 1 saturated heterocycles. The summed E-state index contributed by atoms with van der Waals surface area (Å²) in [5, 5.41) is 3.61. The fraction of sp³-hybridized carbons (Fsp3) is 0.425. The van der Waals surface area contributed by atoms with E-state index in [1.807, 2.05) is 47.4 Å². The number of piperazine rings is 1. The van der Waals surface area contributed by atoms with E-state index in [-0.39, 0.29) is 43.3 Å². The molecule has 6 rings (SSSR count). The molecule has 2 bridgehead atoms. The third-order valence-electron chi connectivity index (χ3n) is 9.85. The average Bonchev–Trinajstić information content (AvgIpc) is 4.00. The second-order valence-electron chi connectivity index (χ2n) is 13.7. The lowest BCUT2D eigenvalue weighted by Gasteiger charge is -2.45. The number of fused-ring (bicyclic) bond motifs is 2. The zero-order valence-electron chi connectivity index (χ0n) is 29.8. The van der Waals surface area contributed by atoms with E-state index in [0.29, 0.717) is 69.0 Å². The molecular formula is C40H45F3N4O6. The third-order valence-corrected chi connectivity index (χ3v) is 9.85. The van der Waals surface area contributed by atoms with E-state index in [0.717, 1.165) is 41.7 Å². The van der Waals surface area contributed by atoms with Gasteiger partial charge in [0.15, 0.2) is 17.4 Å². The summed E-state index contributed by atoms with van der Waals surface area (Å²) in [5.41, 5.74) is 8.71. The molecule has 0 radical (unpaired) electrons. The van der Waals surface area contributed by atoms with Gasteiger partial charge in [-0.15, -0.1) is 0 Å². The van der Waals surface area contributed by atoms with Crippen LogP contribution in [0.2, 0.25) is 0 Å². The van der Waals surface area contributed by atoms with Crippen LogP contribution in [0.5, 0.6) is 17.2 Å². The number of rotatable bonds is 17. The third kappa shape index (κ3) is 9.50. The maximum absolute atomic E-state index is 14.7. The van der Waals surface area contributed by atoms with Crippen molar-refractivity contribution in [1.82, 2.24) is 15.1 Å². The number of halogens is 3. The topological polar surface area (TPSA) is 123 Å². The lowest BCUT2D eigenvalue weighted by molar-refractivity contribution is -0.134. The Labute approximate surface area is 307 Å². The molecule has 3 aliphatic rings. The number of carbonyl (C=O) groups is 3. The number of nitrogens with zero attached hydrogens (tertiary/aromatic N) is 2. The summed E-state index contributed by atoms with van der Waals surface area (Å²) in [6.45, 7) is 1.46. The molecule has 1 aliphatic carbocycles. The fourth-order valence-electron chi connectivity index (χ4n) is 7.05. The van der Waals surface area contributed by atoms with Gasteiger partial charge in [-0.2, -0.15) is 4.39 Å². The van der Waals surface area contributed by atoms with Crippen molar-refractivity contribution in [1.29, 1.82) is 0 Å². The number of nitrogens with two attached hydrogens (primary N) is 1. The molecule has 2 aliphatic heterocycles. The van der Waals surface area contributed by atoms with Gasteiger partial charge in [-0.1, -0.05) is 30.3 Å². The molecular weight excluding hydrogens is 689 g/mol. The van der Waals surface area contributed by atoms with Crippen molar-refractivity contribution < 1.29 is 41.8 Å². The summed E-state index contributed by atoms with van der Waals surface area (Å²) in [6, 6.07) is 16.4. The summed E-state index contributed by atoms with van der Waals surface area (Å²) < 4.78 is 58.0. The Balaban J connectivity index is 1.19. The Morgan fingerprint density at radius 1 is 0.906 bits per heavy atom. The molecule has 53 heavy (non-hydrogen) atoms. The maximum atomic E-state index is 14.7. The van der Waals surface area contributed by atoms with Gasteiger partial charge in [-0.3, -0.25) is 14.4 Å². The maximum Gasteiger partial charge on any atom is 0.252 e. The van der Waals surface area contributed by atoms with Crippen molar-refractivity contribution in [3.05, 3.63) is 94.8 Å². The van der Waals surface area contributed by atoms with Crippen molar-refractivity contribution in [2.24, 2.45) is 5.73 Å². The fourth-order valence-corrected chi connectivity index (χ4v) is 7.05. The monoisotopic (exact) mass is 734 g/mol. The van der Waals surface area contributed by atoms with Crippen LogP contribution < -0.4 is 25.3 Å². The van der Waals surface area contributed by atoms with E-state index in [1.165, 1.54) is 0 Å². The van der Waals surface area contributed by atoms with Crippen LogP contribution in [0.1, 0.15) is 56.1 Å². The molecule has 1 unspecified atom stereocenters. The number of hydrogen-bond acceptors (Lipinski definition) is 7. The van der Waals surface area contributed by atoms with Crippen molar-refractivity contribution in [3.63, 3.8) is 0 Å². The van der Waals surface area contributed by atoms with Crippen LogP contribution in [0.4, 0.5) is 13.2 Å². The molecule has 2 atom stereocenters. The van der Waals surface area contributed by atoms with Gasteiger partial charge < -0.3 is 35.1 Å². The standard InChI is InChI=1S/C40H45F3N4O6/c1-51-29-6-2-7-30(22-29)52-20-18-47(28-14-15-28)40(50)37-31(21-27-23-46(24-34(37)45-27)36(49)9-3-8-35(44)48)26-12-10-25(11-13-26)5-4-19-53-39-33(42)17-16-32(41)38(39)43/h2,6-7,10-13,16-17,22,27-28,34,45H,3-5,8-9,14-15,18-21,23-24H2,1H3,(H2,44,48)/t27?,34-/m1/s1. The van der Waals surface area contributed by atoms with E-state index in [1.54, 1.807) is 18.1 Å². The van der Waals surface area contributed by atoms with Crippen molar-refractivity contribution in [2.45, 2.75) is 69.5 Å². The molecule has 3 amide bonds. The second-order valence-corrected chi connectivity index (χ2v) is 13.7. The molecule has 10 nitrogen and oxygen atoms in total. The van der Waals surface area contributed by atoms with Gasteiger partial charge in [-0.25, -0.2) is 8.78 Å². The van der Waals surface area contributed by atoms with Crippen LogP contribution in [-0.4, -0.2) is 85.6 Å². The lowest BCUT2D eigenvalue weighted by atomic mass is 9.82. The van der Waals surface area contributed by atoms with E-state index in [4.69, 9.17) is 19.9 Å². The summed E-state index contributed by atoms with van der Waals surface area (Å²) in [6.07, 6.45) is 4.03. The molecule has 3 aromatic rings. The first-order valence-electron chi connectivity index (χ1n) is 18.1. The number of nitrogens with one attached hydrogen (secondary N) is 1. The molecule has 282 valence electrons. The smallest absolute Gasteiger partial charge is 0.252 e. The van der Waals surface area contributed by atoms with Crippen molar-refractivity contribution in [3.8, 4) is 17.2 Å². The molecule has 2 fully saturated rings. The van der Waals surface area contributed by atoms with Crippen LogP contribution in [0.3, 0.4) is 0 Å². The van der Waals surface area contributed by atoms with Gasteiger partial charge in [0.05, 0.1) is 26.3 Å². The number of aryl methyl sites for hydroxylation is 1. The molecule has 0 aromatic heterocycles. The first-order chi connectivity index (χ1) is 25.6. The minimum absolute atomic E-state index is 0.00579. The Kier molecular flexibility index (Phi) is 12.2. The average molecular weight is 735 g/mol. The van der Waals surface area contributed by atoms with E-state index < -0.39 is 35.2 Å². The minimum atomic E-state index is -1.35. The lowest BCUT2D eigenvalue weighted by Crippen LogP contribution is -2.62. The van der Waals surface area contributed by atoms with Crippen LogP contribution in [-0.2, 0) is 20.8 Å². The minimum Gasteiger partial charge on any atom is -0.497 e. The predicted molar refractivity (Wildman–Crippen MR) is 192 cm³/mol. The summed E-state index contributed by atoms with van der Waals surface area (Å²) >= 11 is 0. The molecule has 3 aromatic carbocycles. The first-order valence-corrected chi connectivity index (χ1v) is 18.1. The van der Waals surface area contributed by atoms with E-state index in [9.17, 15) is 27.6 Å². The number of methoxy groups -OCH3 is 1. The summed E-state index contributed by atoms with van der Waals surface area (Å²) in [4.78, 5) is 42.8. The Bertz CT molecular complexity index is 1830. The highest BCUT2D eigenvalue weighted by Crippen LogP contribution is 2.37. The Morgan fingerprint density at radius 2 is 1.66 bits per heavy atom. The van der Waals surface area contributed by atoms with Gasteiger partial charge in [0, 0.05) is 49.7 Å². The SMILES string of the molecule is COc1cccc(OCCN(C(=O)C2=C(c3ccc(CCCOc4c(F)ccc(F)c4F)cc3)CC3CN(C(=O)CCCC(N)=O)C[C@H]2N3)C2CC2)c1. The molecule has 0 spiro atoms. The number of primary amides is 1. The zero-order valence-corrected chi connectivity index (χ0v) is 29.8. The molecule has 3 N–H and O–H groups in total. The number of ether oxygens (including phenoxy) is 3. The van der Waals surface area contributed by atoms with Crippen LogP contribution in [0, 0.1) is 17.5 Å². The molecule has 1 saturated carbocycles. The number of carbonyl (C=O) groups excluding carboxylic acids is 3. The van der Waals surface area contributed by atoms with Gasteiger partial charge in [0.25, 0.3) is 5.91 Å². The van der Waals surface area contributed by atoms with Crippen molar-refractivity contribution in [2.75, 3.05) is 40.0 Å². The summed E-state index contributed by atoms with van der Waals surface area (Å²) in [7, 11) is 1.59. The highest BCUT2D eigenvalue weighted by atomic mass is 19.2. The Hall–Kier alpha value is -5.04. The molecule has 13 heteroatoms. The summed E-state index contributed by atoms with van der Waals surface area (Å²) in [5.74, 6) is -3.48. The zero-order chi connectivity index (χ0) is 37.5. The number of hydrogen-bond donors (Lipinski definition) is 2.